The van der Waals surface area contributed by atoms with Crippen LogP contribution in [0, 0.1) is 48.3 Å². The van der Waals surface area contributed by atoms with Crippen LogP contribution in [0.1, 0.15) is 181 Å². The molecule has 0 aliphatic carbocycles. The van der Waals surface area contributed by atoms with Crippen molar-refractivity contribution in [3.8, 4) is 35.1 Å². The van der Waals surface area contributed by atoms with E-state index < -0.39 is 115 Å². The molecule has 28 nitrogen and oxygen atoms in total. The summed E-state index contributed by atoms with van der Waals surface area (Å²) in [6.45, 7) is 36.1. The van der Waals surface area contributed by atoms with E-state index in [4.69, 9.17) is 66.6 Å². The molecule has 0 radical (unpaired) electrons. The van der Waals surface area contributed by atoms with Crippen molar-refractivity contribution in [1.29, 1.82) is 10.5 Å². The Morgan fingerprint density at radius 1 is 0.496 bits per heavy atom. The fourth-order valence-corrected chi connectivity index (χ4v) is 23.4. The minimum atomic E-state index is -1.76. The first-order chi connectivity index (χ1) is 60.2. The Morgan fingerprint density at radius 2 is 0.827 bits per heavy atom. The number of methoxy groups -OCH3 is 4. The summed E-state index contributed by atoms with van der Waals surface area (Å²) >= 11 is 0. The molecule has 6 aromatic carbocycles. The molecule has 4 saturated heterocycles. The summed E-state index contributed by atoms with van der Waals surface area (Å²) in [4.78, 5) is 81.8. The van der Waals surface area contributed by atoms with Crippen molar-refractivity contribution in [2.45, 2.75) is 238 Å². The molecule has 4 bridgehead atoms. The maximum absolute atomic E-state index is 13.7. The van der Waals surface area contributed by atoms with Gasteiger partial charge in [-0.1, -0.05) is 137 Å². The lowest BCUT2D eigenvalue weighted by molar-refractivity contribution is -0.204. The number of nitrogens with one attached hydrogen (secondary N) is 2. The largest absolute Gasteiger partial charge is 0.497 e. The first kappa shape index (κ1) is 99.4. The maximum Gasteiger partial charge on any atom is 0.330 e. The van der Waals surface area contributed by atoms with Crippen LogP contribution in [0.5, 0.6) is 23.0 Å². The summed E-state index contributed by atoms with van der Waals surface area (Å²) in [6, 6.07) is 55.0. The highest BCUT2D eigenvalue weighted by Gasteiger charge is 2.66. The minimum Gasteiger partial charge on any atom is -0.497 e. The van der Waals surface area contributed by atoms with Crippen molar-refractivity contribution in [2.75, 3.05) is 67.2 Å². The molecule has 127 heavy (non-hydrogen) atoms. The van der Waals surface area contributed by atoms with Gasteiger partial charge in [0.2, 0.25) is 0 Å². The van der Waals surface area contributed by atoms with Crippen molar-refractivity contribution in [2.24, 2.45) is 11.8 Å². The summed E-state index contributed by atoms with van der Waals surface area (Å²) < 4.78 is 88.1. The smallest absolute Gasteiger partial charge is 0.330 e. The van der Waals surface area contributed by atoms with Crippen LogP contribution < -0.4 is 41.4 Å². The van der Waals surface area contributed by atoms with Crippen molar-refractivity contribution in [3.05, 3.63) is 256 Å². The van der Waals surface area contributed by atoms with Gasteiger partial charge >= 0.3 is 23.3 Å². The number of ether oxygens (including phenoxy) is 12. The molecule has 0 spiro atoms. The number of carbonyl (C=O) groups excluding carboxylic acids is 2. The molecule has 10 atom stereocenters. The zero-order chi connectivity index (χ0) is 92.8. The van der Waals surface area contributed by atoms with Gasteiger partial charge in [0.25, 0.3) is 11.1 Å². The van der Waals surface area contributed by atoms with Gasteiger partial charge in [0, 0.05) is 47.7 Å². The molecule has 3 N–H and O–H groups in total. The second kappa shape index (κ2) is 42.7. The Hall–Kier alpha value is -9.74. The van der Waals surface area contributed by atoms with E-state index in [1.54, 1.807) is 70.0 Å². The van der Waals surface area contributed by atoms with Crippen LogP contribution in [-0.2, 0) is 63.2 Å². The second-order valence-corrected chi connectivity index (χ2v) is 39.5. The van der Waals surface area contributed by atoms with E-state index in [0.29, 0.717) is 69.9 Å². The van der Waals surface area contributed by atoms with Crippen LogP contribution in [0.2, 0.25) is 0 Å². The molecular formula is C97H126N8O20P2. The topological polar surface area (TPSA) is 338 Å². The summed E-state index contributed by atoms with van der Waals surface area (Å²) in [6.07, 6.45) is -2.23. The summed E-state index contributed by atoms with van der Waals surface area (Å²) in [7, 11) is 4.01. The van der Waals surface area contributed by atoms with Crippen LogP contribution in [-0.4, -0.2) is 189 Å². The average molecular weight is 1790 g/mol. The van der Waals surface area contributed by atoms with Crippen LogP contribution in [0.15, 0.2) is 189 Å². The number of carbonyl (C=O) groups is 2. The number of hydrogen-bond donors (Lipinski definition) is 3. The third kappa shape index (κ3) is 22.4. The number of benzene rings is 6. The molecular weight excluding hydrogens is 1660 g/mol. The van der Waals surface area contributed by atoms with Gasteiger partial charge in [0.05, 0.1) is 86.0 Å². The Balaban J connectivity index is 0.000000217. The molecule has 4 aliphatic rings. The second-order valence-electron chi connectivity index (χ2n) is 35.6. The molecule has 30 heteroatoms. The van der Waals surface area contributed by atoms with Crippen molar-refractivity contribution in [1.82, 2.24) is 28.4 Å². The van der Waals surface area contributed by atoms with E-state index in [9.17, 15) is 39.1 Å². The van der Waals surface area contributed by atoms with E-state index >= 15 is 0 Å². The number of hydrogen-bond acceptors (Lipinski definition) is 24. The number of esters is 2. The Kier molecular flexibility index (Phi) is 33.4. The predicted octanol–water partition coefficient (Wildman–Crippen LogP) is 14.9. The number of aliphatic hydroxyl groups excluding tert-OH is 1. The van der Waals surface area contributed by atoms with E-state index in [2.05, 4.69) is 86.8 Å². The number of aliphatic hydroxyl groups is 1. The SMILES string of the molecule is CC(C)C(C(C)C)P(CC(=O)OC(C)(C)CC#N)N(C(C)C)C(C)C.COc1ccc(C(OC[C@]23COC(C2O)[C@H](n2cc(C)c(=O)[nH]c2=O)O3)(c2ccccc2)c2ccc(OC)cc2)cc1.COc1ccc(C(OC[C@]23COC(C2OP(CC(=O)OC(C)(C)CC#N)N(C(C)C)C(C)C)[C@H](n2cc(C)c(=O)[nH]c2=O)O3)(c2ccccc2)c2ccc(OC)cc2)cc1. The quantitative estimate of drug-likeness (QED) is 0.0185. The van der Waals surface area contributed by atoms with Gasteiger partial charge in [0.15, 0.2) is 12.5 Å². The molecule has 0 amide bonds. The maximum atomic E-state index is 13.7. The van der Waals surface area contributed by atoms with Crippen LogP contribution in [0.4, 0.5) is 0 Å². The first-order valence-electron chi connectivity index (χ1n) is 43.1. The number of aromatic nitrogens is 4. The van der Waals surface area contributed by atoms with Gasteiger partial charge in [-0.3, -0.25) is 47.6 Å². The lowest BCUT2D eigenvalue weighted by atomic mass is 9.79. The number of nitrogens with zero attached hydrogens (tertiary/aromatic N) is 6. The highest BCUT2D eigenvalue weighted by Crippen LogP contribution is 2.58. The van der Waals surface area contributed by atoms with Crippen LogP contribution in [0.25, 0.3) is 0 Å². The molecule has 0 saturated carbocycles. The molecule has 6 unspecified atom stereocenters. The summed E-state index contributed by atoms with van der Waals surface area (Å²) in [5, 5.41) is 29.7. The predicted molar refractivity (Wildman–Crippen MR) is 487 cm³/mol. The third-order valence-electron chi connectivity index (χ3n) is 23.2. The minimum absolute atomic E-state index is 0.0169. The van der Waals surface area contributed by atoms with Crippen molar-refractivity contribution >= 4 is 28.3 Å². The zero-order valence-corrected chi connectivity index (χ0v) is 78.9. The number of rotatable bonds is 37. The third-order valence-corrected chi connectivity index (χ3v) is 29.6. The average Bonchev–Trinajstić information content (AvgIpc) is 1.59. The molecule has 8 aromatic rings. The van der Waals surface area contributed by atoms with Crippen LogP contribution in [0.3, 0.4) is 0 Å². The Labute approximate surface area is 747 Å². The summed E-state index contributed by atoms with van der Waals surface area (Å²) in [5.41, 5.74) is -3.05. The number of aromatic amines is 2. The van der Waals surface area contributed by atoms with Gasteiger partial charge in [-0.15, -0.1) is 0 Å². The molecule has 4 fully saturated rings. The molecule has 684 valence electrons. The number of H-pyrrole nitrogens is 2. The Morgan fingerprint density at radius 3 is 1.18 bits per heavy atom. The normalized spacial score (nSPS) is 20.2. The van der Waals surface area contributed by atoms with Crippen molar-refractivity contribution < 1.29 is 76.1 Å². The van der Waals surface area contributed by atoms with E-state index in [1.807, 2.05) is 185 Å². The number of fused-ring (bicyclic) bond motifs is 4. The summed E-state index contributed by atoms with van der Waals surface area (Å²) in [5.74, 6) is 3.04. The highest BCUT2D eigenvalue weighted by molar-refractivity contribution is 7.57. The van der Waals surface area contributed by atoms with Gasteiger partial charge in [0.1, 0.15) is 95.5 Å². The lowest BCUT2D eigenvalue weighted by Gasteiger charge is -2.45. The van der Waals surface area contributed by atoms with Gasteiger partial charge in [-0.05, 0) is 204 Å². The van der Waals surface area contributed by atoms with Crippen molar-refractivity contribution in [3.63, 3.8) is 0 Å². The Bertz CT molecular complexity index is 5170. The number of aryl methyl sites for hydroxylation is 2. The van der Waals surface area contributed by atoms with Gasteiger partial charge in [-0.25, -0.2) is 9.59 Å². The zero-order valence-electron chi connectivity index (χ0n) is 77.1. The molecule has 6 heterocycles. The van der Waals surface area contributed by atoms with Gasteiger partial charge in [-0.2, -0.15) is 10.5 Å². The van der Waals surface area contributed by atoms with Crippen LogP contribution >= 0.6 is 16.4 Å². The molecule has 12 rings (SSSR count). The van der Waals surface area contributed by atoms with E-state index in [0.717, 1.165) is 33.4 Å². The van der Waals surface area contributed by atoms with E-state index in [-0.39, 0.29) is 63.5 Å². The fraction of sp³-hybridized carbons (Fsp3) is 0.505. The van der Waals surface area contributed by atoms with Gasteiger partial charge < -0.3 is 66.5 Å². The molecule has 2 aromatic heterocycles. The first-order valence-corrected chi connectivity index (χ1v) is 46.0. The highest BCUT2D eigenvalue weighted by atomic mass is 31.2. The van der Waals surface area contributed by atoms with E-state index in [1.165, 1.54) is 21.5 Å². The monoisotopic (exact) mass is 1780 g/mol. The molecule has 4 aliphatic heterocycles. The standard InChI is InChI=1S/C45H55N4O10P.C32H32N2O8.C20H39N2O2P/c1-29(2)49(30(3)4)60(26-37(50)57-43(6,7)23-24-46)59-39-38-41(48-25-31(5)40(51)47-42(48)52)58-44(39,27-55-38)28-56-45(32-13-11-10-12-14-32,33-15-19-35(53-8)20-16-33)34-17-21-36(54-9)22-18-34;1-20-17-34(30(37)33-28(20)36)29-26-27(35)31(42-29,18-40-26)19-41-32(21-7-5-4-6-8-21,22-9-13-24(38-2)14-10-22)23-11-15-25(39-3)16-12-23;1-14(2)19(15(3)4)25(22(16(5)6)17(7)8)13-18(23)24-20(9,10)11-12-21/h10-22,25,29-30,38-39,41H,23,26-28H2,1-9H3,(H,47,51,52);4-17,26-27,29,35H,18-19H2,1-3H3,(H,33,36,37);14-17,19H,11,13H2,1-10H3/t38?,39?,41-,44-,60?;26?,27?,29-,31-;/m11./s1. The fourth-order valence-electron chi connectivity index (χ4n) is 17.6. The lowest BCUT2D eigenvalue weighted by Crippen LogP contribution is -2.49. The number of nitriles is 2.